The van der Waals surface area contributed by atoms with Crippen LogP contribution in [0.2, 0.25) is 0 Å². The highest BCUT2D eigenvalue weighted by Crippen LogP contribution is 2.41. The predicted octanol–water partition coefficient (Wildman–Crippen LogP) is 1.12. The number of rotatable bonds is 1. The monoisotopic (exact) mass is 196 g/mol. The van der Waals surface area contributed by atoms with Gasteiger partial charge in [0.05, 0.1) is 6.54 Å². The lowest BCUT2D eigenvalue weighted by molar-refractivity contribution is -0.127. The average molecular weight is 196 g/mol. The maximum Gasteiger partial charge on any atom is 0.324 e. The number of hydrogen-bond donors (Lipinski definition) is 1. The van der Waals surface area contributed by atoms with Gasteiger partial charge in [-0.25, -0.2) is 4.79 Å². The molecule has 1 atom stereocenters. The highest BCUT2D eigenvalue weighted by molar-refractivity contribution is 6.02. The van der Waals surface area contributed by atoms with Crippen LogP contribution >= 0.6 is 0 Å². The van der Waals surface area contributed by atoms with Crippen molar-refractivity contribution in [2.45, 2.75) is 39.2 Å². The third-order valence-electron chi connectivity index (χ3n) is 3.39. The van der Waals surface area contributed by atoms with E-state index >= 15 is 0 Å². The average Bonchev–Trinajstić information content (AvgIpc) is 2.57. The molecule has 1 aliphatic heterocycles. The fourth-order valence-electron chi connectivity index (χ4n) is 2.54. The second-order valence-corrected chi connectivity index (χ2v) is 4.82. The maximum atomic E-state index is 11.5. The molecule has 1 unspecified atom stereocenters. The minimum absolute atomic E-state index is 0.0741. The van der Waals surface area contributed by atoms with Gasteiger partial charge in [0.2, 0.25) is 5.91 Å². The van der Waals surface area contributed by atoms with E-state index in [0.29, 0.717) is 0 Å². The van der Waals surface area contributed by atoms with Crippen molar-refractivity contribution in [1.29, 1.82) is 0 Å². The minimum atomic E-state index is -0.213. The summed E-state index contributed by atoms with van der Waals surface area (Å²) >= 11 is 0. The molecule has 1 heterocycles. The van der Waals surface area contributed by atoms with E-state index in [1.165, 1.54) is 4.90 Å². The summed E-state index contributed by atoms with van der Waals surface area (Å²) in [6.07, 6.45) is 3.15. The molecule has 2 rings (SSSR count). The molecule has 4 nitrogen and oxygen atoms in total. The van der Waals surface area contributed by atoms with Gasteiger partial charge in [-0.2, -0.15) is 0 Å². The molecule has 4 heteroatoms. The summed E-state index contributed by atoms with van der Waals surface area (Å²) in [6.45, 7) is 4.43. The van der Waals surface area contributed by atoms with Crippen molar-refractivity contribution in [3.8, 4) is 0 Å². The Balaban J connectivity index is 2.22. The summed E-state index contributed by atoms with van der Waals surface area (Å²) in [6, 6.07) is -0.118. The number of carbonyl (C=O) groups excluding carboxylic acids is 2. The molecule has 1 saturated heterocycles. The lowest BCUT2D eigenvalue weighted by atomic mass is 9.86. The highest BCUT2D eigenvalue weighted by atomic mass is 16.2. The van der Waals surface area contributed by atoms with E-state index in [2.05, 4.69) is 19.2 Å². The number of amides is 3. The van der Waals surface area contributed by atoms with Crippen molar-refractivity contribution < 1.29 is 9.59 Å². The standard InChI is InChI=1S/C10H16N2O2/c1-10(2)5-3-4-7(10)12-8(13)6-11-9(12)14/h7H,3-6H2,1-2H3,(H,11,14). The molecule has 3 amide bonds. The molecule has 1 saturated carbocycles. The van der Waals surface area contributed by atoms with Crippen molar-refractivity contribution in [3.05, 3.63) is 0 Å². The zero-order chi connectivity index (χ0) is 10.3. The fraction of sp³-hybridized carbons (Fsp3) is 0.800. The van der Waals surface area contributed by atoms with Gasteiger partial charge in [0.15, 0.2) is 0 Å². The SMILES string of the molecule is CC1(C)CCCC1N1C(=O)CNC1=O. The molecule has 0 aromatic carbocycles. The second kappa shape index (κ2) is 2.97. The van der Waals surface area contributed by atoms with Gasteiger partial charge in [-0.1, -0.05) is 20.3 Å². The molecule has 78 valence electrons. The summed E-state index contributed by atoms with van der Waals surface area (Å²) < 4.78 is 0. The van der Waals surface area contributed by atoms with Gasteiger partial charge in [-0.05, 0) is 18.3 Å². The molecule has 0 aromatic rings. The first-order valence-corrected chi connectivity index (χ1v) is 5.12. The molecule has 1 aliphatic carbocycles. The molecule has 2 aliphatic rings. The molecule has 1 N–H and O–H groups in total. The van der Waals surface area contributed by atoms with Gasteiger partial charge in [0, 0.05) is 6.04 Å². The maximum absolute atomic E-state index is 11.5. The van der Waals surface area contributed by atoms with E-state index in [1.54, 1.807) is 0 Å². The van der Waals surface area contributed by atoms with E-state index in [0.717, 1.165) is 19.3 Å². The molecule has 2 fully saturated rings. The Kier molecular flexibility index (Phi) is 2.01. The van der Waals surface area contributed by atoms with Crippen LogP contribution in [0, 0.1) is 5.41 Å². The van der Waals surface area contributed by atoms with Crippen molar-refractivity contribution in [2.75, 3.05) is 6.54 Å². The molecular formula is C10H16N2O2. The normalized spacial score (nSPS) is 31.0. The lowest BCUT2D eigenvalue weighted by Crippen LogP contribution is -2.45. The number of nitrogens with one attached hydrogen (secondary N) is 1. The van der Waals surface area contributed by atoms with Crippen molar-refractivity contribution in [2.24, 2.45) is 5.41 Å². The number of imide groups is 1. The Hall–Kier alpha value is -1.06. The van der Waals surface area contributed by atoms with Crippen LogP contribution < -0.4 is 5.32 Å². The number of urea groups is 1. The minimum Gasteiger partial charge on any atom is -0.329 e. The summed E-state index contributed by atoms with van der Waals surface area (Å²) in [5.41, 5.74) is 0.0807. The third kappa shape index (κ3) is 1.29. The number of nitrogens with zero attached hydrogens (tertiary/aromatic N) is 1. The Morgan fingerprint density at radius 2 is 2.14 bits per heavy atom. The van der Waals surface area contributed by atoms with Crippen LogP contribution in [0.5, 0.6) is 0 Å². The van der Waals surface area contributed by atoms with Crippen molar-refractivity contribution in [1.82, 2.24) is 10.2 Å². The van der Waals surface area contributed by atoms with E-state index in [9.17, 15) is 9.59 Å². The molecule has 0 bridgehead atoms. The van der Waals surface area contributed by atoms with E-state index < -0.39 is 0 Å². The topological polar surface area (TPSA) is 49.4 Å². The fourth-order valence-corrected chi connectivity index (χ4v) is 2.54. The van der Waals surface area contributed by atoms with Gasteiger partial charge in [-0.15, -0.1) is 0 Å². The lowest BCUT2D eigenvalue weighted by Gasteiger charge is -2.32. The first-order chi connectivity index (χ1) is 6.52. The number of carbonyl (C=O) groups is 2. The van der Waals surface area contributed by atoms with Crippen LogP contribution in [0.15, 0.2) is 0 Å². The van der Waals surface area contributed by atoms with Crippen molar-refractivity contribution in [3.63, 3.8) is 0 Å². The molecule has 0 spiro atoms. The number of hydrogen-bond acceptors (Lipinski definition) is 2. The summed E-state index contributed by atoms with van der Waals surface area (Å²) in [7, 11) is 0. The van der Waals surface area contributed by atoms with Crippen LogP contribution in [0.1, 0.15) is 33.1 Å². The highest BCUT2D eigenvalue weighted by Gasteiger charge is 2.45. The van der Waals surface area contributed by atoms with Gasteiger partial charge < -0.3 is 5.32 Å². The van der Waals surface area contributed by atoms with Gasteiger partial charge in [0.1, 0.15) is 0 Å². The molecule has 0 radical (unpaired) electrons. The van der Waals surface area contributed by atoms with E-state index in [1.807, 2.05) is 0 Å². The van der Waals surface area contributed by atoms with Gasteiger partial charge >= 0.3 is 6.03 Å². The largest absolute Gasteiger partial charge is 0.329 e. The first-order valence-electron chi connectivity index (χ1n) is 5.12. The molecule has 14 heavy (non-hydrogen) atoms. The van der Waals surface area contributed by atoms with Crippen LogP contribution in [0.4, 0.5) is 4.79 Å². The quantitative estimate of drug-likeness (QED) is 0.639. The summed E-state index contributed by atoms with van der Waals surface area (Å²) in [5, 5.41) is 2.57. The van der Waals surface area contributed by atoms with Gasteiger partial charge in [-0.3, -0.25) is 9.69 Å². The van der Waals surface area contributed by atoms with E-state index in [-0.39, 0.29) is 29.9 Å². The smallest absolute Gasteiger partial charge is 0.324 e. The third-order valence-corrected chi connectivity index (χ3v) is 3.39. The van der Waals surface area contributed by atoms with Gasteiger partial charge in [0.25, 0.3) is 0 Å². The van der Waals surface area contributed by atoms with E-state index in [4.69, 9.17) is 0 Å². The van der Waals surface area contributed by atoms with Crippen LogP contribution in [0.25, 0.3) is 0 Å². The first kappa shape index (κ1) is 9.49. The Morgan fingerprint density at radius 1 is 1.43 bits per heavy atom. The predicted molar refractivity (Wildman–Crippen MR) is 51.7 cm³/mol. The summed E-state index contributed by atoms with van der Waals surface area (Å²) in [4.78, 5) is 24.4. The Bertz CT molecular complexity index is 270. The van der Waals surface area contributed by atoms with Crippen LogP contribution in [-0.2, 0) is 4.79 Å². The summed E-state index contributed by atoms with van der Waals surface area (Å²) in [5.74, 6) is -0.0741. The zero-order valence-electron chi connectivity index (χ0n) is 8.67. The Morgan fingerprint density at radius 3 is 2.57 bits per heavy atom. The molecule has 0 aromatic heterocycles. The second-order valence-electron chi connectivity index (χ2n) is 4.82. The van der Waals surface area contributed by atoms with Crippen LogP contribution in [-0.4, -0.2) is 29.4 Å². The van der Waals surface area contributed by atoms with Crippen LogP contribution in [0.3, 0.4) is 0 Å². The van der Waals surface area contributed by atoms with Crippen molar-refractivity contribution >= 4 is 11.9 Å². The Labute approximate surface area is 83.6 Å². The zero-order valence-corrected chi connectivity index (χ0v) is 8.67. The molecular weight excluding hydrogens is 180 g/mol.